The van der Waals surface area contributed by atoms with Crippen molar-refractivity contribution in [3.05, 3.63) is 88.2 Å². The van der Waals surface area contributed by atoms with Crippen LogP contribution in [0.15, 0.2) is 60.7 Å². The van der Waals surface area contributed by atoms with E-state index in [-0.39, 0.29) is 11.8 Å². The van der Waals surface area contributed by atoms with Gasteiger partial charge < -0.3 is 24.2 Å². The fourth-order valence-corrected chi connectivity index (χ4v) is 5.66. The summed E-state index contributed by atoms with van der Waals surface area (Å²) in [6, 6.07) is 16.4. The number of ether oxygens (including phenoxy) is 2. The van der Waals surface area contributed by atoms with Crippen molar-refractivity contribution in [2.24, 2.45) is 0 Å². The molecule has 0 bridgehead atoms. The molecule has 5 rings (SSSR count). The summed E-state index contributed by atoms with van der Waals surface area (Å²) in [5, 5.41) is 0.657. The van der Waals surface area contributed by atoms with Crippen molar-refractivity contribution in [1.82, 2.24) is 9.80 Å². The van der Waals surface area contributed by atoms with Crippen LogP contribution in [0, 0.1) is 5.82 Å². The largest absolute Gasteiger partial charge is 0.493 e. The molecule has 2 atom stereocenters. The molecule has 0 aliphatic carbocycles. The zero-order chi connectivity index (χ0) is 27.0. The van der Waals surface area contributed by atoms with E-state index < -0.39 is 17.8 Å². The van der Waals surface area contributed by atoms with E-state index in [0.29, 0.717) is 59.4 Å². The average molecular weight is 538 g/mol. The zero-order valence-corrected chi connectivity index (χ0v) is 22.2. The minimum Gasteiger partial charge on any atom is -0.493 e. The second-order valence-electron chi connectivity index (χ2n) is 9.45. The Morgan fingerprint density at radius 3 is 2.26 bits per heavy atom. The second kappa shape index (κ2) is 10.5. The molecule has 1 fully saturated rings. The van der Waals surface area contributed by atoms with E-state index in [1.807, 2.05) is 24.3 Å². The van der Waals surface area contributed by atoms with Gasteiger partial charge in [0.05, 0.1) is 26.2 Å². The highest BCUT2D eigenvalue weighted by Gasteiger charge is 2.46. The molecule has 7 nitrogen and oxygen atoms in total. The number of halogens is 2. The molecule has 0 unspecified atom stereocenters. The molecule has 2 amide bonds. The standard InChI is InChI=1S/C29H29ClFN3O4/c1-32-27(20-9-4-5-10-23(20)31)26(21-16-24(37-2)25(38-3)17-22(21)28(32)35)29(36)34-13-11-33(12-14-34)19-8-6-7-18(30)15-19/h4-10,15-17,26-27H,11-14H2,1-3H3/t26-,27-/m0/s1. The fourth-order valence-electron chi connectivity index (χ4n) is 5.47. The number of carbonyl (C=O) groups excluding carboxylic acids is 2. The molecule has 0 saturated carbocycles. The monoisotopic (exact) mass is 537 g/mol. The van der Waals surface area contributed by atoms with E-state index in [9.17, 15) is 9.59 Å². The molecular formula is C29H29ClFN3O4. The van der Waals surface area contributed by atoms with Gasteiger partial charge in [-0.3, -0.25) is 9.59 Å². The summed E-state index contributed by atoms with van der Waals surface area (Å²) in [6.07, 6.45) is 0. The van der Waals surface area contributed by atoms with Crippen LogP contribution in [0.1, 0.15) is 33.4 Å². The van der Waals surface area contributed by atoms with E-state index in [1.165, 1.54) is 25.2 Å². The normalized spacial score (nSPS) is 19.3. The highest BCUT2D eigenvalue weighted by molar-refractivity contribution is 6.30. The molecule has 3 aromatic carbocycles. The number of carbonyl (C=O) groups is 2. The van der Waals surface area contributed by atoms with Gasteiger partial charge in [0.1, 0.15) is 5.82 Å². The quantitative estimate of drug-likeness (QED) is 0.470. The molecule has 1 saturated heterocycles. The number of anilines is 1. The first-order valence-electron chi connectivity index (χ1n) is 12.4. The molecular weight excluding hydrogens is 509 g/mol. The van der Waals surface area contributed by atoms with Gasteiger partial charge in [0.15, 0.2) is 11.5 Å². The minimum absolute atomic E-state index is 0.170. The molecule has 0 spiro atoms. The molecule has 0 N–H and O–H groups in total. The van der Waals surface area contributed by atoms with Crippen molar-refractivity contribution < 1.29 is 23.5 Å². The van der Waals surface area contributed by atoms with Crippen molar-refractivity contribution in [2.75, 3.05) is 52.3 Å². The first kappa shape index (κ1) is 25.9. The van der Waals surface area contributed by atoms with Crippen LogP contribution in [0.3, 0.4) is 0 Å². The molecule has 2 heterocycles. The Bertz CT molecular complexity index is 1380. The summed E-state index contributed by atoms with van der Waals surface area (Å²) in [4.78, 5) is 33.2. The van der Waals surface area contributed by atoms with Gasteiger partial charge in [0.25, 0.3) is 5.91 Å². The lowest BCUT2D eigenvalue weighted by Crippen LogP contribution is -2.53. The lowest BCUT2D eigenvalue weighted by molar-refractivity contribution is -0.134. The van der Waals surface area contributed by atoms with Crippen molar-refractivity contribution >= 4 is 29.1 Å². The van der Waals surface area contributed by atoms with Gasteiger partial charge in [-0.1, -0.05) is 35.9 Å². The maximum atomic E-state index is 15.1. The summed E-state index contributed by atoms with van der Waals surface area (Å²) in [5.41, 5.74) is 2.13. The predicted molar refractivity (Wildman–Crippen MR) is 144 cm³/mol. The Balaban J connectivity index is 1.54. The van der Waals surface area contributed by atoms with Crippen molar-refractivity contribution in [3.63, 3.8) is 0 Å². The Kier molecular flexibility index (Phi) is 7.17. The lowest BCUT2D eigenvalue weighted by atomic mass is 9.78. The first-order chi connectivity index (χ1) is 18.3. The minimum atomic E-state index is -0.831. The van der Waals surface area contributed by atoms with Gasteiger partial charge >= 0.3 is 0 Å². The van der Waals surface area contributed by atoms with Crippen LogP contribution in [0.25, 0.3) is 0 Å². The van der Waals surface area contributed by atoms with Crippen LogP contribution in [-0.2, 0) is 4.79 Å². The number of methoxy groups -OCH3 is 2. The van der Waals surface area contributed by atoms with Crippen molar-refractivity contribution in [2.45, 2.75) is 12.0 Å². The van der Waals surface area contributed by atoms with E-state index in [4.69, 9.17) is 21.1 Å². The summed E-state index contributed by atoms with van der Waals surface area (Å²) >= 11 is 6.18. The number of hydrogen-bond donors (Lipinski definition) is 0. The average Bonchev–Trinajstić information content (AvgIpc) is 2.94. The molecule has 0 radical (unpaired) electrons. The zero-order valence-electron chi connectivity index (χ0n) is 21.5. The number of amides is 2. The summed E-state index contributed by atoms with van der Waals surface area (Å²) < 4.78 is 26.1. The highest BCUT2D eigenvalue weighted by atomic mass is 35.5. The van der Waals surface area contributed by atoms with E-state index in [2.05, 4.69) is 4.90 Å². The van der Waals surface area contributed by atoms with Gasteiger partial charge in [-0.25, -0.2) is 4.39 Å². The van der Waals surface area contributed by atoms with Crippen LogP contribution in [0.4, 0.5) is 10.1 Å². The van der Waals surface area contributed by atoms with Gasteiger partial charge in [-0.05, 0) is 42.0 Å². The third-order valence-electron chi connectivity index (χ3n) is 7.43. The summed E-state index contributed by atoms with van der Waals surface area (Å²) in [7, 11) is 4.60. The number of likely N-dealkylation sites (N-methyl/N-ethyl adjacent to an activating group) is 1. The second-order valence-corrected chi connectivity index (χ2v) is 9.88. The predicted octanol–water partition coefficient (Wildman–Crippen LogP) is 4.76. The van der Waals surface area contributed by atoms with Crippen LogP contribution in [0.5, 0.6) is 11.5 Å². The first-order valence-corrected chi connectivity index (χ1v) is 12.8. The molecule has 2 aliphatic rings. The number of benzene rings is 3. The number of nitrogens with zero attached hydrogens (tertiary/aromatic N) is 3. The van der Waals surface area contributed by atoms with Gasteiger partial charge in [-0.15, -0.1) is 0 Å². The van der Waals surface area contributed by atoms with Gasteiger partial charge in [0, 0.05) is 55.1 Å². The molecule has 0 aromatic heterocycles. The van der Waals surface area contributed by atoms with Crippen molar-refractivity contribution in [1.29, 1.82) is 0 Å². The number of hydrogen-bond acceptors (Lipinski definition) is 5. The lowest BCUT2D eigenvalue weighted by Gasteiger charge is -2.43. The fraction of sp³-hybridized carbons (Fsp3) is 0.310. The number of rotatable bonds is 5. The van der Waals surface area contributed by atoms with Crippen molar-refractivity contribution in [3.8, 4) is 11.5 Å². The summed E-state index contributed by atoms with van der Waals surface area (Å²) in [6.45, 7) is 2.20. The van der Waals surface area contributed by atoms with Crippen LogP contribution in [-0.4, -0.2) is 69.1 Å². The Morgan fingerprint density at radius 1 is 0.921 bits per heavy atom. The van der Waals surface area contributed by atoms with Crippen LogP contribution >= 0.6 is 11.6 Å². The third kappa shape index (κ3) is 4.53. The Labute approximate surface area is 226 Å². The number of fused-ring (bicyclic) bond motifs is 1. The molecule has 2 aliphatic heterocycles. The van der Waals surface area contributed by atoms with E-state index in [0.717, 1.165) is 5.69 Å². The molecule has 38 heavy (non-hydrogen) atoms. The van der Waals surface area contributed by atoms with Gasteiger partial charge in [-0.2, -0.15) is 0 Å². The van der Waals surface area contributed by atoms with Crippen LogP contribution in [0.2, 0.25) is 5.02 Å². The van der Waals surface area contributed by atoms with E-state index >= 15 is 4.39 Å². The molecule has 198 valence electrons. The smallest absolute Gasteiger partial charge is 0.254 e. The maximum Gasteiger partial charge on any atom is 0.254 e. The Morgan fingerprint density at radius 2 is 1.61 bits per heavy atom. The highest BCUT2D eigenvalue weighted by Crippen LogP contribution is 2.46. The van der Waals surface area contributed by atoms with Gasteiger partial charge in [0.2, 0.25) is 5.91 Å². The summed E-state index contributed by atoms with van der Waals surface area (Å²) in [5.74, 6) is -0.995. The van der Waals surface area contributed by atoms with E-state index in [1.54, 1.807) is 42.3 Å². The van der Waals surface area contributed by atoms with Crippen LogP contribution < -0.4 is 14.4 Å². The topological polar surface area (TPSA) is 62.3 Å². The molecule has 9 heteroatoms. The Hall–Kier alpha value is -3.78. The number of piperazine rings is 1. The third-order valence-corrected chi connectivity index (χ3v) is 7.66. The SMILES string of the molecule is COc1cc2c(cc1OC)[C@H](C(=O)N1CCN(c3cccc(Cl)c3)CC1)[C@H](c1ccccc1F)N(C)C2=O. The maximum absolute atomic E-state index is 15.1. The molecule has 3 aromatic rings.